The molecule has 2 aliphatic heterocycles. The predicted molar refractivity (Wildman–Crippen MR) is 85.5 cm³/mol. The fourth-order valence-corrected chi connectivity index (χ4v) is 3.43. The summed E-state index contributed by atoms with van der Waals surface area (Å²) in [6.07, 6.45) is 9.58. The van der Waals surface area contributed by atoms with Crippen molar-refractivity contribution in [1.29, 1.82) is 0 Å². The number of hydrazine groups is 1. The largest absolute Gasteiger partial charge is 0.317 e. The molecule has 0 spiro atoms. The number of rotatable bonds is 3. The third kappa shape index (κ3) is 2.66. The fourth-order valence-electron chi connectivity index (χ4n) is 3.43. The molecule has 0 saturated carbocycles. The summed E-state index contributed by atoms with van der Waals surface area (Å²) in [4.78, 5) is 8.91. The van der Waals surface area contributed by atoms with E-state index in [0.717, 1.165) is 55.9 Å². The van der Waals surface area contributed by atoms with Gasteiger partial charge >= 0.3 is 0 Å². The molecule has 2 aromatic rings. The Hall–Kier alpha value is -1.73. The van der Waals surface area contributed by atoms with Crippen LogP contribution in [0.2, 0.25) is 0 Å². The Morgan fingerprint density at radius 2 is 1.91 bits per heavy atom. The van der Waals surface area contributed by atoms with Crippen LogP contribution in [-0.2, 0) is 0 Å². The molecule has 2 aromatic heterocycles. The second-order valence-corrected chi connectivity index (χ2v) is 6.19. The van der Waals surface area contributed by atoms with Crippen LogP contribution in [0.1, 0.15) is 38.1 Å². The lowest BCUT2D eigenvalue weighted by atomic mass is 10.1. The van der Waals surface area contributed by atoms with Gasteiger partial charge in [0.05, 0.1) is 17.6 Å². The molecule has 2 saturated heterocycles. The van der Waals surface area contributed by atoms with Crippen LogP contribution in [0.4, 0.5) is 5.82 Å². The minimum Gasteiger partial charge on any atom is -0.317 e. The first kappa shape index (κ1) is 13.9. The molecule has 2 N–H and O–H groups in total. The van der Waals surface area contributed by atoms with Gasteiger partial charge < -0.3 is 10.7 Å². The number of piperidine rings is 2. The average molecular weight is 301 g/mol. The quantitative estimate of drug-likeness (QED) is 0.896. The third-order valence-electron chi connectivity index (χ3n) is 4.67. The highest BCUT2D eigenvalue weighted by molar-refractivity contribution is 5.85. The molecule has 118 valence electrons. The molecule has 4 heterocycles. The summed E-state index contributed by atoms with van der Waals surface area (Å²) in [6.45, 7) is 4.26. The molecule has 0 atom stereocenters. The highest BCUT2D eigenvalue weighted by Gasteiger charge is 2.20. The molecule has 4 rings (SSSR count). The van der Waals surface area contributed by atoms with E-state index < -0.39 is 0 Å². The van der Waals surface area contributed by atoms with Gasteiger partial charge in [0.2, 0.25) is 0 Å². The van der Waals surface area contributed by atoms with Gasteiger partial charge in [-0.2, -0.15) is 5.10 Å². The summed E-state index contributed by atoms with van der Waals surface area (Å²) in [7, 11) is 0. The number of nitrogens with zero attached hydrogens (tertiary/aromatic N) is 5. The molecule has 0 unspecified atom stereocenters. The van der Waals surface area contributed by atoms with Crippen LogP contribution in [0.15, 0.2) is 12.5 Å². The normalized spacial score (nSPS) is 21.3. The minimum absolute atomic E-state index is 0.441. The van der Waals surface area contributed by atoms with Gasteiger partial charge in [0.15, 0.2) is 11.5 Å². The number of hydrogen-bond donors (Lipinski definition) is 2. The average Bonchev–Trinajstić information content (AvgIpc) is 3.02. The first-order valence-electron chi connectivity index (χ1n) is 8.32. The highest BCUT2D eigenvalue weighted by atomic mass is 15.5. The summed E-state index contributed by atoms with van der Waals surface area (Å²) in [5.41, 5.74) is 4.40. The Balaban J connectivity index is 1.61. The van der Waals surface area contributed by atoms with E-state index in [1.165, 1.54) is 19.3 Å². The van der Waals surface area contributed by atoms with Gasteiger partial charge in [-0.05, 0) is 38.8 Å². The van der Waals surface area contributed by atoms with Crippen molar-refractivity contribution in [2.45, 2.75) is 38.1 Å². The predicted octanol–water partition coefficient (Wildman–Crippen LogP) is 1.56. The summed E-state index contributed by atoms with van der Waals surface area (Å²) in [6, 6.07) is 0.441. The molecule has 0 amide bonds. The van der Waals surface area contributed by atoms with Crippen molar-refractivity contribution in [1.82, 2.24) is 30.1 Å². The van der Waals surface area contributed by atoms with E-state index in [0.29, 0.717) is 6.04 Å². The Kier molecular flexibility index (Phi) is 3.90. The Labute approximate surface area is 130 Å². The molecule has 0 aliphatic carbocycles. The van der Waals surface area contributed by atoms with Crippen LogP contribution >= 0.6 is 0 Å². The maximum atomic E-state index is 4.60. The van der Waals surface area contributed by atoms with Gasteiger partial charge in [0.1, 0.15) is 6.33 Å². The van der Waals surface area contributed by atoms with Crippen molar-refractivity contribution in [3.05, 3.63) is 12.5 Å². The van der Waals surface area contributed by atoms with E-state index in [4.69, 9.17) is 0 Å². The van der Waals surface area contributed by atoms with E-state index in [9.17, 15) is 0 Å². The second kappa shape index (κ2) is 6.18. The van der Waals surface area contributed by atoms with E-state index in [2.05, 4.69) is 35.5 Å². The van der Waals surface area contributed by atoms with Gasteiger partial charge in [-0.3, -0.25) is 0 Å². The Bertz CT molecular complexity index is 626. The van der Waals surface area contributed by atoms with Crippen molar-refractivity contribution in [2.75, 3.05) is 31.6 Å². The van der Waals surface area contributed by atoms with Crippen LogP contribution in [0, 0.1) is 0 Å². The van der Waals surface area contributed by atoms with E-state index >= 15 is 0 Å². The molecule has 22 heavy (non-hydrogen) atoms. The lowest BCUT2D eigenvalue weighted by Crippen LogP contribution is -2.35. The fraction of sp³-hybridized carbons (Fsp3) is 0.667. The minimum atomic E-state index is 0.441. The molecular weight excluding hydrogens is 278 g/mol. The van der Waals surface area contributed by atoms with E-state index in [1.807, 2.05) is 6.20 Å². The smallest absolute Gasteiger partial charge is 0.163 e. The SMILES string of the molecule is c1nc(NN2CCCCC2)c2cnn(C3CCNCC3)c2n1. The van der Waals surface area contributed by atoms with Gasteiger partial charge in [-0.15, -0.1) is 0 Å². The summed E-state index contributed by atoms with van der Waals surface area (Å²) in [5.74, 6) is 0.882. The summed E-state index contributed by atoms with van der Waals surface area (Å²) >= 11 is 0. The van der Waals surface area contributed by atoms with Gasteiger partial charge in [0, 0.05) is 13.1 Å². The molecular formula is C15H23N7. The highest BCUT2D eigenvalue weighted by Crippen LogP contribution is 2.26. The third-order valence-corrected chi connectivity index (χ3v) is 4.67. The van der Waals surface area contributed by atoms with Gasteiger partial charge in [0.25, 0.3) is 0 Å². The topological polar surface area (TPSA) is 70.9 Å². The van der Waals surface area contributed by atoms with Crippen LogP contribution in [0.5, 0.6) is 0 Å². The molecule has 0 aromatic carbocycles. The Morgan fingerprint density at radius 3 is 2.73 bits per heavy atom. The monoisotopic (exact) mass is 301 g/mol. The number of nitrogens with one attached hydrogen (secondary N) is 2. The standard InChI is InChI=1S/C15H23N7/c1-2-8-21(9-3-1)20-14-13-10-19-22(15(13)18-11-17-14)12-4-6-16-7-5-12/h10-12,16H,1-9H2,(H,17,18,20). The zero-order valence-electron chi connectivity index (χ0n) is 12.8. The van der Waals surface area contributed by atoms with Crippen molar-refractivity contribution in [2.24, 2.45) is 0 Å². The van der Waals surface area contributed by atoms with Crippen molar-refractivity contribution in [3.8, 4) is 0 Å². The second-order valence-electron chi connectivity index (χ2n) is 6.19. The molecule has 7 heteroatoms. The van der Waals surface area contributed by atoms with Crippen molar-refractivity contribution >= 4 is 16.9 Å². The van der Waals surface area contributed by atoms with Gasteiger partial charge in [-0.25, -0.2) is 19.7 Å². The van der Waals surface area contributed by atoms with Crippen LogP contribution < -0.4 is 10.7 Å². The molecule has 0 radical (unpaired) electrons. The maximum Gasteiger partial charge on any atom is 0.163 e. The summed E-state index contributed by atoms with van der Waals surface area (Å²) < 4.78 is 2.08. The number of fused-ring (bicyclic) bond motifs is 1. The number of hydrogen-bond acceptors (Lipinski definition) is 6. The number of aromatic nitrogens is 4. The summed E-state index contributed by atoms with van der Waals surface area (Å²) in [5, 5.41) is 11.3. The van der Waals surface area contributed by atoms with Crippen LogP contribution in [-0.4, -0.2) is 50.9 Å². The zero-order valence-corrected chi connectivity index (χ0v) is 12.8. The molecule has 2 fully saturated rings. The van der Waals surface area contributed by atoms with Crippen molar-refractivity contribution < 1.29 is 0 Å². The van der Waals surface area contributed by atoms with Crippen LogP contribution in [0.3, 0.4) is 0 Å². The lowest BCUT2D eigenvalue weighted by molar-refractivity contribution is 0.272. The number of anilines is 1. The zero-order chi connectivity index (χ0) is 14.8. The lowest BCUT2D eigenvalue weighted by Gasteiger charge is -2.27. The molecule has 7 nitrogen and oxygen atoms in total. The van der Waals surface area contributed by atoms with E-state index in [-0.39, 0.29) is 0 Å². The van der Waals surface area contributed by atoms with Crippen LogP contribution in [0.25, 0.3) is 11.0 Å². The Morgan fingerprint density at radius 1 is 1.09 bits per heavy atom. The first-order chi connectivity index (χ1) is 10.9. The first-order valence-corrected chi connectivity index (χ1v) is 8.32. The molecule has 0 bridgehead atoms. The molecule has 2 aliphatic rings. The van der Waals surface area contributed by atoms with Crippen molar-refractivity contribution in [3.63, 3.8) is 0 Å². The maximum absolute atomic E-state index is 4.60. The van der Waals surface area contributed by atoms with E-state index in [1.54, 1.807) is 6.33 Å². The van der Waals surface area contributed by atoms with Gasteiger partial charge in [-0.1, -0.05) is 6.42 Å².